The van der Waals surface area contributed by atoms with Crippen molar-refractivity contribution in [2.45, 2.75) is 19.3 Å². The Morgan fingerprint density at radius 1 is 1.04 bits per heavy atom. The van der Waals surface area contributed by atoms with Crippen LogP contribution in [0.4, 0.5) is 20.7 Å². The summed E-state index contributed by atoms with van der Waals surface area (Å²) in [5.41, 5.74) is 1.02. The minimum absolute atomic E-state index is 0.192. The predicted octanol–water partition coefficient (Wildman–Crippen LogP) is 2.83. The van der Waals surface area contributed by atoms with Gasteiger partial charge in [0.25, 0.3) is 0 Å². The first-order valence-electron chi connectivity index (χ1n) is 9.72. The number of benzene rings is 1. The second-order valence-corrected chi connectivity index (χ2v) is 7.23. The van der Waals surface area contributed by atoms with Gasteiger partial charge < -0.3 is 19.9 Å². The van der Waals surface area contributed by atoms with Crippen LogP contribution in [-0.2, 0) is 0 Å². The van der Waals surface area contributed by atoms with Crippen molar-refractivity contribution in [3.8, 4) is 5.88 Å². The molecule has 1 amide bonds. The van der Waals surface area contributed by atoms with Gasteiger partial charge in [-0.2, -0.15) is 0 Å². The maximum absolute atomic E-state index is 13.1. The Hall–Kier alpha value is -2.90. The first-order chi connectivity index (χ1) is 13.7. The molecule has 28 heavy (non-hydrogen) atoms. The number of hydrogen-bond donors (Lipinski definition) is 1. The van der Waals surface area contributed by atoms with E-state index < -0.39 is 6.09 Å². The van der Waals surface area contributed by atoms with Crippen molar-refractivity contribution in [2.24, 2.45) is 5.92 Å². The van der Waals surface area contributed by atoms with Crippen molar-refractivity contribution < 1.29 is 13.9 Å². The number of rotatable bonds is 6. The maximum Gasteiger partial charge on any atom is 0.413 e. The molecule has 0 radical (unpaired) electrons. The van der Waals surface area contributed by atoms with Crippen molar-refractivity contribution in [3.05, 3.63) is 42.2 Å². The molecule has 1 saturated heterocycles. The van der Waals surface area contributed by atoms with Gasteiger partial charge in [0, 0.05) is 44.5 Å². The number of nitrogens with one attached hydrogen (secondary N) is 1. The topological polar surface area (TPSA) is 70.6 Å². The van der Waals surface area contributed by atoms with Gasteiger partial charge in [-0.25, -0.2) is 9.18 Å². The lowest BCUT2D eigenvalue weighted by molar-refractivity contribution is 0.198. The summed E-state index contributed by atoms with van der Waals surface area (Å²) < 4.78 is 18.2. The highest BCUT2D eigenvalue weighted by atomic mass is 19.1. The second-order valence-electron chi connectivity index (χ2n) is 7.23. The molecule has 1 aromatic heterocycles. The van der Waals surface area contributed by atoms with Gasteiger partial charge in [-0.05, 0) is 42.7 Å². The van der Waals surface area contributed by atoms with Crippen LogP contribution >= 0.6 is 0 Å². The van der Waals surface area contributed by atoms with E-state index in [1.54, 1.807) is 18.2 Å². The van der Waals surface area contributed by atoms with Crippen molar-refractivity contribution in [1.29, 1.82) is 0 Å². The fraction of sp³-hybridized carbons (Fsp3) is 0.450. The van der Waals surface area contributed by atoms with Gasteiger partial charge in [-0.3, -0.25) is 0 Å². The summed E-state index contributed by atoms with van der Waals surface area (Å²) in [7, 11) is 0. The lowest BCUT2D eigenvalue weighted by Crippen LogP contribution is -2.46. The number of anilines is 2. The van der Waals surface area contributed by atoms with Gasteiger partial charge in [0.05, 0.1) is 0 Å². The highest BCUT2D eigenvalue weighted by molar-refractivity contribution is 5.69. The third-order valence-electron chi connectivity index (χ3n) is 5.14. The zero-order valence-corrected chi connectivity index (χ0v) is 15.7. The molecule has 0 bridgehead atoms. The smallest absolute Gasteiger partial charge is 0.390 e. The monoisotopic (exact) mass is 385 g/mol. The average Bonchev–Trinajstić information content (AvgIpc) is 3.54. The molecule has 2 aromatic rings. The van der Waals surface area contributed by atoms with Gasteiger partial charge in [-0.1, -0.05) is 12.8 Å². The van der Waals surface area contributed by atoms with Crippen LogP contribution in [0.15, 0.2) is 36.4 Å². The Kier molecular flexibility index (Phi) is 5.55. The van der Waals surface area contributed by atoms with Crippen LogP contribution in [0.3, 0.4) is 0 Å². The highest BCUT2D eigenvalue weighted by Crippen LogP contribution is 2.31. The van der Waals surface area contributed by atoms with Gasteiger partial charge in [0.15, 0.2) is 5.82 Å². The summed E-state index contributed by atoms with van der Waals surface area (Å²) in [6, 6.07) is 10.0. The van der Waals surface area contributed by atoms with Crippen LogP contribution in [0.25, 0.3) is 0 Å². The lowest BCUT2D eigenvalue weighted by Gasteiger charge is -2.36. The molecule has 0 spiro atoms. The van der Waals surface area contributed by atoms with Gasteiger partial charge in [-0.15, -0.1) is 10.2 Å². The zero-order valence-electron chi connectivity index (χ0n) is 15.7. The van der Waals surface area contributed by atoms with Crippen LogP contribution in [0.5, 0.6) is 5.88 Å². The summed E-state index contributed by atoms with van der Waals surface area (Å²) in [5.74, 6) is 1.48. The van der Waals surface area contributed by atoms with Crippen molar-refractivity contribution in [3.63, 3.8) is 0 Å². The molecular weight excluding hydrogens is 361 g/mol. The summed E-state index contributed by atoms with van der Waals surface area (Å²) in [6.45, 7) is 3.83. The number of hydrogen-bond acceptors (Lipinski definition) is 6. The molecule has 0 unspecified atom stereocenters. The molecular formula is C20H24FN5O2. The molecule has 148 valence electrons. The lowest BCUT2D eigenvalue weighted by atomic mass is 10.2. The van der Waals surface area contributed by atoms with Crippen molar-refractivity contribution in [1.82, 2.24) is 15.5 Å². The molecule has 1 aromatic carbocycles. The van der Waals surface area contributed by atoms with E-state index in [1.165, 1.54) is 25.0 Å². The minimum Gasteiger partial charge on any atom is -0.390 e. The van der Waals surface area contributed by atoms with Gasteiger partial charge in [0.1, 0.15) is 5.82 Å². The number of amides is 1. The summed E-state index contributed by atoms with van der Waals surface area (Å²) in [6.07, 6.45) is 3.04. The van der Waals surface area contributed by atoms with Crippen LogP contribution in [0, 0.1) is 11.7 Å². The molecule has 2 heterocycles. The molecule has 7 nitrogen and oxygen atoms in total. The fourth-order valence-electron chi connectivity index (χ4n) is 3.30. The number of piperazine rings is 1. The summed E-state index contributed by atoms with van der Waals surface area (Å²) in [4.78, 5) is 16.1. The van der Waals surface area contributed by atoms with E-state index in [4.69, 9.17) is 4.74 Å². The van der Waals surface area contributed by atoms with E-state index in [1.807, 2.05) is 6.07 Å². The zero-order chi connectivity index (χ0) is 19.3. The highest BCUT2D eigenvalue weighted by Gasteiger charge is 2.21. The first-order valence-corrected chi connectivity index (χ1v) is 9.72. The second kappa shape index (κ2) is 8.41. The van der Waals surface area contributed by atoms with Crippen molar-refractivity contribution in [2.75, 3.05) is 42.5 Å². The maximum atomic E-state index is 13.1. The first kappa shape index (κ1) is 18.5. The largest absolute Gasteiger partial charge is 0.413 e. The molecule has 2 aliphatic rings. The minimum atomic E-state index is -0.490. The van der Waals surface area contributed by atoms with Gasteiger partial charge in [0.2, 0.25) is 5.88 Å². The molecule has 0 atom stereocenters. The number of aromatic nitrogens is 2. The van der Waals surface area contributed by atoms with E-state index in [2.05, 4.69) is 25.3 Å². The third-order valence-corrected chi connectivity index (χ3v) is 5.14. The number of halogens is 1. The number of ether oxygens (including phenoxy) is 1. The van der Waals surface area contributed by atoms with E-state index in [9.17, 15) is 9.18 Å². The molecule has 1 N–H and O–H groups in total. The summed E-state index contributed by atoms with van der Waals surface area (Å²) in [5, 5.41) is 10.9. The molecule has 1 aliphatic heterocycles. The van der Waals surface area contributed by atoms with Crippen molar-refractivity contribution >= 4 is 17.6 Å². The third kappa shape index (κ3) is 4.88. The Balaban J connectivity index is 1.24. The average molecular weight is 385 g/mol. The Bertz CT molecular complexity index is 787. The molecule has 1 saturated carbocycles. The van der Waals surface area contributed by atoms with E-state index >= 15 is 0 Å². The SMILES string of the molecule is O=C(NCCC1CC1)Oc1ccc(N2CCN(c3ccc(F)cc3)CC2)nn1. The molecule has 2 fully saturated rings. The molecule has 1 aliphatic carbocycles. The summed E-state index contributed by atoms with van der Waals surface area (Å²) >= 11 is 0. The van der Waals surface area contributed by atoms with Crippen LogP contribution in [-0.4, -0.2) is 49.0 Å². The Morgan fingerprint density at radius 3 is 2.39 bits per heavy atom. The van der Waals surface area contributed by atoms with Crippen LogP contribution in [0.2, 0.25) is 0 Å². The molecule has 8 heteroatoms. The normalized spacial score (nSPS) is 16.8. The quantitative estimate of drug-likeness (QED) is 0.825. The van der Waals surface area contributed by atoms with Gasteiger partial charge >= 0.3 is 6.09 Å². The number of carbonyl (C=O) groups excluding carboxylic acids is 1. The van der Waals surface area contributed by atoms with Crippen LogP contribution in [0.1, 0.15) is 19.3 Å². The van der Waals surface area contributed by atoms with E-state index in [-0.39, 0.29) is 11.7 Å². The Labute approximate surface area is 163 Å². The number of nitrogens with zero attached hydrogens (tertiary/aromatic N) is 4. The number of carbonyl (C=O) groups is 1. The Morgan fingerprint density at radius 2 is 1.75 bits per heavy atom. The predicted molar refractivity (Wildman–Crippen MR) is 104 cm³/mol. The van der Waals surface area contributed by atoms with E-state index in [0.29, 0.717) is 6.54 Å². The fourth-order valence-corrected chi connectivity index (χ4v) is 3.30. The van der Waals surface area contributed by atoms with Crippen LogP contribution < -0.4 is 19.9 Å². The standard InChI is InChI=1S/C20H24FN5O2/c21-16-3-5-17(6-4-16)25-11-13-26(14-12-25)18-7-8-19(24-23-18)28-20(27)22-10-9-15-1-2-15/h3-8,15H,1-2,9-14H2,(H,22,27). The molecule has 4 rings (SSSR count). The van der Waals surface area contributed by atoms with E-state index in [0.717, 1.165) is 50.0 Å².